The van der Waals surface area contributed by atoms with Crippen molar-refractivity contribution in [2.24, 2.45) is 30.7 Å². The molecule has 4 aromatic carbocycles. The van der Waals surface area contributed by atoms with Crippen LogP contribution in [0.1, 0.15) is 0 Å². The molecule has 0 heterocycles. The van der Waals surface area contributed by atoms with Crippen LogP contribution < -0.4 is 170 Å². The van der Waals surface area contributed by atoms with E-state index in [1.54, 1.807) is 0 Å². The Bertz CT molecular complexity index is 3040. The first-order chi connectivity index (χ1) is 29.9. The third kappa shape index (κ3) is 22.6. The number of hydrogen-bond acceptors (Lipinski definition) is 31. The van der Waals surface area contributed by atoms with Crippen molar-refractivity contribution in [3.8, 4) is 0 Å². The van der Waals surface area contributed by atoms with E-state index in [-0.39, 0.29) is 188 Å². The van der Waals surface area contributed by atoms with Gasteiger partial charge in [0, 0.05) is 4.90 Å². The molecule has 0 amide bonds. The van der Waals surface area contributed by atoms with Gasteiger partial charge in [0.15, 0.2) is 32.0 Å². The van der Waals surface area contributed by atoms with E-state index < -0.39 is 130 Å². The maximum atomic E-state index is 12.8. The van der Waals surface area contributed by atoms with Crippen molar-refractivity contribution in [1.82, 2.24) is 0 Å². The molecule has 0 fully saturated rings. The molecule has 0 spiro atoms. The zero-order valence-corrected chi connectivity index (χ0v) is 51.7. The molecule has 69 heavy (non-hydrogen) atoms. The molecular formula is C28H23N8Na5O21S7. The van der Waals surface area contributed by atoms with Crippen molar-refractivity contribution in [2.75, 3.05) is 36.2 Å². The molecule has 0 aliphatic rings. The van der Waals surface area contributed by atoms with Crippen LogP contribution in [0, 0.1) is 0 Å². The van der Waals surface area contributed by atoms with Gasteiger partial charge in [-0.3, -0.25) is 18.4 Å². The van der Waals surface area contributed by atoms with Crippen LogP contribution in [0.25, 0.3) is 0 Å². The molecule has 4 rings (SSSR count). The van der Waals surface area contributed by atoms with Crippen LogP contribution in [0.3, 0.4) is 0 Å². The fourth-order valence-electron chi connectivity index (χ4n) is 4.54. The largest absolute Gasteiger partial charge is 1.00 e. The molecule has 0 saturated carbocycles. The van der Waals surface area contributed by atoms with E-state index in [9.17, 15) is 66.3 Å². The Morgan fingerprint density at radius 2 is 1.03 bits per heavy atom. The number of rotatable bonds is 23. The summed E-state index contributed by atoms with van der Waals surface area (Å²) in [5, 5.41) is 49.5. The average molecular weight is 1150 g/mol. The Morgan fingerprint density at radius 1 is 0.522 bits per heavy atom. The van der Waals surface area contributed by atoms with E-state index in [0.29, 0.717) is 6.07 Å². The predicted octanol–water partition coefficient (Wildman–Crippen LogP) is -13.0. The summed E-state index contributed by atoms with van der Waals surface area (Å²) in [5.41, 5.74) is 8.67. The molecule has 0 bridgehead atoms. The average Bonchev–Trinajstić information content (AvgIpc) is 3.21. The smallest absolute Gasteiger partial charge is 0.744 e. The Kier molecular flexibility index (Phi) is 33.1. The molecular weight excluding hydrogens is 1120 g/mol. The van der Waals surface area contributed by atoms with Gasteiger partial charge in [-0.25, -0.2) is 42.1 Å². The minimum Gasteiger partial charge on any atom is -0.744 e. The molecule has 0 aliphatic heterocycles. The second-order valence-electron chi connectivity index (χ2n) is 11.5. The number of azo groups is 3. The molecule has 0 atom stereocenters. The van der Waals surface area contributed by atoms with Gasteiger partial charge in [0.05, 0.1) is 73.4 Å². The molecule has 348 valence electrons. The van der Waals surface area contributed by atoms with Gasteiger partial charge in [-0.1, -0.05) is 0 Å². The van der Waals surface area contributed by atoms with Crippen molar-refractivity contribution in [3.63, 3.8) is 0 Å². The minimum absolute atomic E-state index is 0. The summed E-state index contributed by atoms with van der Waals surface area (Å²) in [4.78, 5) is -3.17. The predicted molar refractivity (Wildman–Crippen MR) is 207 cm³/mol. The number of nitrogens with two attached hydrogens (primary N) is 2. The van der Waals surface area contributed by atoms with Crippen LogP contribution in [-0.2, 0) is 77.4 Å². The van der Waals surface area contributed by atoms with Crippen molar-refractivity contribution in [1.29, 1.82) is 0 Å². The second kappa shape index (κ2) is 32.0. The molecule has 0 aliphatic carbocycles. The zero-order chi connectivity index (χ0) is 47.5. The number of anilines is 2. The van der Waals surface area contributed by atoms with Crippen LogP contribution in [0.4, 0.5) is 45.5 Å². The number of sulfone groups is 2. The van der Waals surface area contributed by atoms with Crippen molar-refractivity contribution in [2.45, 2.75) is 24.5 Å². The summed E-state index contributed by atoms with van der Waals surface area (Å²) < 4.78 is 172. The third-order valence-corrected chi connectivity index (χ3v) is 13.9. The number of benzene rings is 4. The molecule has 0 saturated heterocycles. The van der Waals surface area contributed by atoms with Crippen LogP contribution >= 0.6 is 24.4 Å². The maximum absolute atomic E-state index is 12.8. The zero-order valence-electron chi connectivity index (χ0n) is 35.9. The van der Waals surface area contributed by atoms with Crippen molar-refractivity contribution >= 4 is 120 Å². The molecule has 0 unspecified atom stereocenters. The molecule has 0 aromatic heterocycles. The number of nitrogens with zero attached hydrogens (tertiary/aromatic N) is 6. The van der Waals surface area contributed by atoms with Gasteiger partial charge in [0.1, 0.15) is 48.7 Å². The van der Waals surface area contributed by atoms with Gasteiger partial charge in [-0.2, -0.15) is 9.45 Å². The summed E-state index contributed by atoms with van der Waals surface area (Å²) in [6, 6.07) is 10.1. The Morgan fingerprint density at radius 3 is 1.57 bits per heavy atom. The van der Waals surface area contributed by atoms with Gasteiger partial charge in [0.2, 0.25) is 10.4 Å². The number of nitrogen functional groups attached to an aromatic ring is 2. The van der Waals surface area contributed by atoms with E-state index in [0.717, 1.165) is 60.7 Å². The fraction of sp³-hybridized carbons (Fsp3) is 0.143. The maximum Gasteiger partial charge on any atom is 1.00 e. The van der Waals surface area contributed by atoms with Gasteiger partial charge in [0.25, 0.3) is 0 Å². The van der Waals surface area contributed by atoms with Gasteiger partial charge < -0.3 is 35.6 Å². The second-order valence-corrected chi connectivity index (χ2v) is 20.7. The Hall–Kier alpha value is 0.290. The Labute approximate surface area is 511 Å². The molecule has 0 radical (unpaired) electrons. The van der Waals surface area contributed by atoms with E-state index >= 15 is 0 Å². The fourth-order valence-corrected chi connectivity index (χ4v) is 9.15. The Balaban J connectivity index is 0. The van der Waals surface area contributed by atoms with Crippen LogP contribution in [0.5, 0.6) is 0 Å². The monoisotopic (exact) mass is 1150 g/mol. The standard InChI is InChI=1S/C28H28N8O21S7.5Na/c29-26-22(34-32-20-7-6-19(14-25(20)63(46,47)48)61(41,42)11-9-52-59-57-55-38)15-23(35-33-21-13-17(58-56-54-37)3-8-24(21)62(43,44)45)27(30)28(26)36-31-16-1-4-18(5-2-16)60(39,40)12-10-53-64(49,50)51;;;;;/h1-8,13-15,37-38H,9-12,29-30H2,(H,43,44,45)(H,46,47,48)(H,49,50,51);;;;;/q;5*+1/p-5. The van der Waals surface area contributed by atoms with Crippen molar-refractivity contribution < 1.29 is 241 Å². The normalized spacial score (nSPS) is 12.2. The van der Waals surface area contributed by atoms with E-state index in [1.807, 2.05) is 0 Å². The first-order valence-electron chi connectivity index (χ1n) is 16.1. The van der Waals surface area contributed by atoms with Crippen LogP contribution in [-0.4, -0.2) is 80.5 Å². The van der Waals surface area contributed by atoms with E-state index in [1.165, 1.54) is 0 Å². The molecule has 29 nitrogen and oxygen atoms in total. The summed E-state index contributed by atoms with van der Waals surface area (Å²) in [7, 11) is -24.4. The van der Waals surface area contributed by atoms with E-state index in [4.69, 9.17) is 11.5 Å². The first kappa shape index (κ1) is 71.4. The SMILES string of the molecule is Nc1c(N=Nc2cc(SOO[O-])ccc2S(=O)(=O)[O-])cc(N=Nc2ccc(S(=O)(=O)CCOSOO[O-])cc2S(=O)(=O)[O-])c(N)c1N=Nc1ccc(S(=O)(=O)CCOS(=O)(=O)[O-])cc1.[Na+].[Na+].[Na+].[Na+].[Na+]. The third-order valence-electron chi connectivity index (χ3n) is 7.36. The first-order valence-corrected chi connectivity index (χ1v) is 24.9. The molecule has 41 heteroatoms. The minimum atomic E-state index is -5.50. The van der Waals surface area contributed by atoms with E-state index in [2.05, 4.69) is 57.8 Å². The topological polar surface area (TPSA) is 468 Å². The quantitative estimate of drug-likeness (QED) is 0.00801. The van der Waals surface area contributed by atoms with Crippen LogP contribution in [0.15, 0.2) is 122 Å². The van der Waals surface area contributed by atoms with Crippen LogP contribution in [0.2, 0.25) is 0 Å². The van der Waals surface area contributed by atoms with Gasteiger partial charge in [-0.15, -0.1) is 29.9 Å². The van der Waals surface area contributed by atoms with Gasteiger partial charge in [-0.05, 0) is 66.7 Å². The summed E-state index contributed by atoms with van der Waals surface area (Å²) in [5.74, 6) is -1.70. The molecule has 4 aromatic rings. The summed E-state index contributed by atoms with van der Waals surface area (Å²) >= 11 is 0.290. The number of hydrogen-bond donors (Lipinski definition) is 2. The molecule has 4 N–H and O–H groups in total. The van der Waals surface area contributed by atoms with Gasteiger partial charge >= 0.3 is 148 Å². The summed E-state index contributed by atoms with van der Waals surface area (Å²) in [6.45, 7) is -1.57. The summed E-state index contributed by atoms with van der Waals surface area (Å²) in [6.07, 6.45) is 0. The van der Waals surface area contributed by atoms with Crippen molar-refractivity contribution in [3.05, 3.63) is 66.7 Å².